The molecular formula is C13H22S. The van der Waals surface area contributed by atoms with E-state index < -0.39 is 0 Å². The molecule has 0 amide bonds. The Labute approximate surface area is 92.5 Å². The Bertz CT molecular complexity index is 260. The van der Waals surface area contributed by atoms with Crippen LogP contribution < -0.4 is 0 Å². The Kier molecular flexibility index (Phi) is 2.30. The highest BCUT2D eigenvalue weighted by molar-refractivity contribution is 8.01. The SMILES string of the molecule is C=C1C(C)(C)[C@@H]2CC[C@@]1(SC(C)C)C2. The van der Waals surface area contributed by atoms with E-state index in [0.29, 0.717) is 10.2 Å². The molecule has 2 saturated carbocycles. The summed E-state index contributed by atoms with van der Waals surface area (Å²) < 4.78 is 0.447. The lowest BCUT2D eigenvalue weighted by atomic mass is 9.73. The molecule has 0 radical (unpaired) electrons. The third-order valence-electron chi connectivity index (χ3n) is 4.28. The molecule has 2 rings (SSSR count). The van der Waals surface area contributed by atoms with Crippen molar-refractivity contribution in [2.75, 3.05) is 0 Å². The van der Waals surface area contributed by atoms with E-state index in [0.717, 1.165) is 11.2 Å². The van der Waals surface area contributed by atoms with Gasteiger partial charge in [-0.3, -0.25) is 0 Å². The number of thioether (sulfide) groups is 1. The summed E-state index contributed by atoms with van der Waals surface area (Å²) in [5, 5.41) is 0.736. The maximum Gasteiger partial charge on any atom is 0.0376 e. The van der Waals surface area contributed by atoms with Gasteiger partial charge in [-0.1, -0.05) is 39.8 Å². The van der Waals surface area contributed by atoms with E-state index in [1.807, 2.05) is 0 Å². The molecule has 2 bridgehead atoms. The summed E-state index contributed by atoms with van der Waals surface area (Å²) in [6.07, 6.45) is 4.19. The summed E-state index contributed by atoms with van der Waals surface area (Å²) in [7, 11) is 0. The van der Waals surface area contributed by atoms with Crippen molar-refractivity contribution in [1.82, 2.24) is 0 Å². The van der Waals surface area contributed by atoms with Crippen molar-refractivity contribution in [3.63, 3.8) is 0 Å². The highest BCUT2D eigenvalue weighted by Gasteiger charge is 2.57. The van der Waals surface area contributed by atoms with Crippen LogP contribution in [0.25, 0.3) is 0 Å². The first-order valence-corrected chi connectivity index (χ1v) is 6.64. The minimum absolute atomic E-state index is 0.403. The second-order valence-electron chi connectivity index (χ2n) is 5.80. The maximum atomic E-state index is 4.39. The van der Waals surface area contributed by atoms with Crippen LogP contribution in [0.3, 0.4) is 0 Å². The van der Waals surface area contributed by atoms with Crippen LogP contribution in [-0.2, 0) is 0 Å². The van der Waals surface area contributed by atoms with Gasteiger partial charge in [-0.15, -0.1) is 11.8 Å². The van der Waals surface area contributed by atoms with Gasteiger partial charge in [0.25, 0.3) is 0 Å². The Morgan fingerprint density at radius 3 is 2.50 bits per heavy atom. The van der Waals surface area contributed by atoms with E-state index in [1.165, 1.54) is 24.8 Å². The average Bonchev–Trinajstić information content (AvgIpc) is 2.52. The zero-order chi connectivity index (χ0) is 10.6. The van der Waals surface area contributed by atoms with Gasteiger partial charge in [0.1, 0.15) is 0 Å². The molecule has 80 valence electrons. The minimum Gasteiger partial charge on any atom is -0.148 e. The summed E-state index contributed by atoms with van der Waals surface area (Å²) in [5.41, 5.74) is 1.93. The Balaban J connectivity index is 2.26. The molecule has 2 atom stereocenters. The Morgan fingerprint density at radius 1 is 1.43 bits per heavy atom. The maximum absolute atomic E-state index is 4.39. The predicted octanol–water partition coefficient (Wildman–Crippen LogP) is 4.26. The third kappa shape index (κ3) is 1.28. The fraction of sp³-hybridized carbons (Fsp3) is 0.846. The van der Waals surface area contributed by atoms with E-state index in [2.05, 4.69) is 46.0 Å². The standard InChI is InChI=1S/C13H22S/c1-9(2)14-13-7-6-11(8-13)12(4,5)10(13)3/h9,11H,3,6-8H2,1-2,4-5H3/t11-,13-/m1/s1. The summed E-state index contributed by atoms with van der Waals surface area (Å²) in [6, 6.07) is 0. The lowest BCUT2D eigenvalue weighted by molar-refractivity contribution is 0.290. The first-order valence-electron chi connectivity index (χ1n) is 5.76. The summed E-state index contributed by atoms with van der Waals surface area (Å²) in [6.45, 7) is 13.8. The molecule has 0 spiro atoms. The van der Waals surface area contributed by atoms with E-state index in [1.54, 1.807) is 0 Å². The van der Waals surface area contributed by atoms with Crippen LogP contribution in [0.15, 0.2) is 12.2 Å². The number of fused-ring (bicyclic) bond motifs is 2. The van der Waals surface area contributed by atoms with Crippen LogP contribution in [0.2, 0.25) is 0 Å². The number of hydrogen-bond acceptors (Lipinski definition) is 1. The van der Waals surface area contributed by atoms with Crippen LogP contribution in [0, 0.1) is 11.3 Å². The van der Waals surface area contributed by atoms with Crippen molar-refractivity contribution in [3.05, 3.63) is 12.2 Å². The van der Waals surface area contributed by atoms with E-state index in [4.69, 9.17) is 0 Å². The van der Waals surface area contributed by atoms with Gasteiger partial charge in [0.2, 0.25) is 0 Å². The van der Waals surface area contributed by atoms with E-state index in [-0.39, 0.29) is 0 Å². The molecule has 0 nitrogen and oxygen atoms in total. The van der Waals surface area contributed by atoms with Gasteiger partial charge < -0.3 is 0 Å². The van der Waals surface area contributed by atoms with E-state index in [9.17, 15) is 0 Å². The minimum atomic E-state index is 0.403. The highest BCUT2D eigenvalue weighted by Crippen LogP contribution is 2.66. The number of rotatable bonds is 2. The monoisotopic (exact) mass is 210 g/mol. The molecule has 0 aliphatic heterocycles. The Hall–Kier alpha value is 0.0900. The fourth-order valence-corrected chi connectivity index (χ4v) is 5.20. The van der Waals surface area contributed by atoms with Gasteiger partial charge in [-0.25, -0.2) is 0 Å². The molecule has 2 fully saturated rings. The van der Waals surface area contributed by atoms with Crippen LogP contribution in [-0.4, -0.2) is 10.00 Å². The van der Waals surface area contributed by atoms with Gasteiger partial charge in [0.05, 0.1) is 0 Å². The first kappa shape index (κ1) is 10.6. The normalized spacial score (nSPS) is 39.8. The quantitative estimate of drug-likeness (QED) is 0.614. The molecule has 0 saturated heterocycles. The van der Waals surface area contributed by atoms with Crippen molar-refractivity contribution in [1.29, 1.82) is 0 Å². The van der Waals surface area contributed by atoms with Crippen molar-refractivity contribution in [3.8, 4) is 0 Å². The Morgan fingerprint density at radius 2 is 2.07 bits per heavy atom. The molecular weight excluding hydrogens is 188 g/mol. The molecule has 0 aromatic rings. The van der Waals surface area contributed by atoms with Crippen molar-refractivity contribution in [2.24, 2.45) is 11.3 Å². The summed E-state index contributed by atoms with van der Waals surface area (Å²) in [4.78, 5) is 0. The van der Waals surface area contributed by atoms with Crippen LogP contribution >= 0.6 is 11.8 Å². The third-order valence-corrected chi connectivity index (χ3v) is 5.82. The average molecular weight is 210 g/mol. The lowest BCUT2D eigenvalue weighted by Gasteiger charge is -2.38. The largest absolute Gasteiger partial charge is 0.148 e. The van der Waals surface area contributed by atoms with Crippen molar-refractivity contribution >= 4 is 11.8 Å². The highest BCUT2D eigenvalue weighted by atomic mass is 32.2. The molecule has 0 N–H and O–H groups in total. The molecule has 0 unspecified atom stereocenters. The van der Waals surface area contributed by atoms with Crippen molar-refractivity contribution in [2.45, 2.75) is 57.0 Å². The molecule has 2 aliphatic carbocycles. The van der Waals surface area contributed by atoms with Crippen LogP contribution in [0.4, 0.5) is 0 Å². The molecule has 14 heavy (non-hydrogen) atoms. The van der Waals surface area contributed by atoms with Gasteiger partial charge in [-0.05, 0) is 35.8 Å². The van der Waals surface area contributed by atoms with Crippen LogP contribution in [0.5, 0.6) is 0 Å². The summed E-state index contributed by atoms with van der Waals surface area (Å²) >= 11 is 2.16. The van der Waals surface area contributed by atoms with Gasteiger partial charge in [0, 0.05) is 4.75 Å². The second-order valence-corrected chi connectivity index (χ2v) is 7.76. The molecule has 0 aromatic heterocycles. The smallest absolute Gasteiger partial charge is 0.0376 e. The zero-order valence-electron chi connectivity index (χ0n) is 9.89. The second kappa shape index (κ2) is 3.04. The zero-order valence-corrected chi connectivity index (χ0v) is 10.7. The predicted molar refractivity (Wildman–Crippen MR) is 65.7 cm³/mol. The summed E-state index contributed by atoms with van der Waals surface area (Å²) in [5.74, 6) is 0.904. The first-order chi connectivity index (χ1) is 6.38. The number of hydrogen-bond donors (Lipinski definition) is 0. The van der Waals surface area contributed by atoms with Gasteiger partial charge >= 0.3 is 0 Å². The van der Waals surface area contributed by atoms with Crippen LogP contribution in [0.1, 0.15) is 47.0 Å². The van der Waals surface area contributed by atoms with Crippen molar-refractivity contribution < 1.29 is 0 Å². The topological polar surface area (TPSA) is 0 Å². The molecule has 0 aromatic carbocycles. The molecule has 1 heteroatoms. The van der Waals surface area contributed by atoms with Gasteiger partial charge in [-0.2, -0.15) is 0 Å². The fourth-order valence-electron chi connectivity index (χ4n) is 3.36. The molecule has 0 heterocycles. The molecule has 2 aliphatic rings. The lowest BCUT2D eigenvalue weighted by Crippen LogP contribution is -2.30. The van der Waals surface area contributed by atoms with E-state index >= 15 is 0 Å². The van der Waals surface area contributed by atoms with Gasteiger partial charge in [0.15, 0.2) is 0 Å².